The van der Waals surface area contributed by atoms with Crippen LogP contribution in [-0.4, -0.2) is 5.11 Å². The summed E-state index contributed by atoms with van der Waals surface area (Å²) in [6.45, 7) is 1.43. The number of aliphatic hydroxyl groups excluding tert-OH is 1. The Morgan fingerprint density at radius 3 is 2.38 bits per heavy atom. The van der Waals surface area contributed by atoms with Gasteiger partial charge in [-0.15, -0.1) is 0 Å². The molecule has 0 saturated carbocycles. The van der Waals surface area contributed by atoms with Crippen LogP contribution in [0.2, 0.25) is 0 Å². The fraction of sp³-hybridized carbons (Fsp3) is 0.333. The van der Waals surface area contributed by atoms with E-state index in [9.17, 15) is 13.2 Å². The summed E-state index contributed by atoms with van der Waals surface area (Å²) >= 11 is 0. The van der Waals surface area contributed by atoms with Gasteiger partial charge in [-0.3, -0.25) is 0 Å². The first-order chi connectivity index (χ1) is 5.91. The van der Waals surface area contributed by atoms with Gasteiger partial charge in [-0.25, -0.2) is 0 Å². The quantitative estimate of drug-likeness (QED) is 0.721. The Morgan fingerprint density at radius 2 is 1.92 bits per heavy atom. The molecule has 1 nitrogen and oxygen atoms in total. The number of halogens is 3. The maximum Gasteiger partial charge on any atom is 0.416 e. The molecule has 0 aliphatic carbocycles. The Kier molecular flexibility index (Phi) is 2.61. The molecule has 0 radical (unpaired) electrons. The van der Waals surface area contributed by atoms with Gasteiger partial charge in [0.2, 0.25) is 0 Å². The Labute approximate surface area is 73.8 Å². The molecule has 1 aromatic rings. The first-order valence-corrected chi connectivity index (χ1v) is 3.76. The molecule has 1 atom stereocenters. The zero-order valence-electron chi connectivity index (χ0n) is 6.97. The molecule has 0 bridgehead atoms. The first kappa shape index (κ1) is 10.1. The van der Waals surface area contributed by atoms with Gasteiger partial charge in [-0.05, 0) is 24.6 Å². The molecule has 0 aliphatic rings. The number of hydrogen-bond acceptors (Lipinski definition) is 1. The van der Waals surface area contributed by atoms with E-state index in [1.807, 2.05) is 0 Å². The van der Waals surface area contributed by atoms with Gasteiger partial charge in [-0.2, -0.15) is 13.2 Å². The predicted molar refractivity (Wildman–Crippen MR) is 42.1 cm³/mol. The van der Waals surface area contributed by atoms with Crippen LogP contribution in [-0.2, 0) is 6.18 Å². The summed E-state index contributed by atoms with van der Waals surface area (Å²) in [5, 5.41) is 9.05. The lowest BCUT2D eigenvalue weighted by molar-refractivity contribution is -0.137. The lowest BCUT2D eigenvalue weighted by atomic mass is 10.1. The van der Waals surface area contributed by atoms with E-state index in [1.165, 1.54) is 19.1 Å². The molecule has 13 heavy (non-hydrogen) atoms. The Balaban J connectivity index is 3.06. The zero-order chi connectivity index (χ0) is 10.1. The summed E-state index contributed by atoms with van der Waals surface area (Å²) in [5.41, 5.74) is -0.458. The van der Waals surface area contributed by atoms with Crippen molar-refractivity contribution >= 4 is 0 Å². The Hall–Kier alpha value is -1.03. The van der Waals surface area contributed by atoms with Crippen LogP contribution in [0.3, 0.4) is 0 Å². The lowest BCUT2D eigenvalue weighted by Crippen LogP contribution is -2.05. The maximum absolute atomic E-state index is 12.1. The first-order valence-electron chi connectivity index (χ1n) is 3.76. The monoisotopic (exact) mass is 190 g/mol. The highest BCUT2D eigenvalue weighted by Crippen LogP contribution is 2.30. The summed E-state index contributed by atoms with van der Waals surface area (Å²) in [7, 11) is 0. The third-order valence-corrected chi connectivity index (χ3v) is 1.70. The minimum atomic E-state index is -4.34. The molecule has 0 amide bonds. The smallest absolute Gasteiger partial charge is 0.389 e. The van der Waals surface area contributed by atoms with Crippen molar-refractivity contribution in [3.05, 3.63) is 35.4 Å². The van der Waals surface area contributed by atoms with Crippen LogP contribution in [0.25, 0.3) is 0 Å². The Morgan fingerprint density at radius 1 is 1.31 bits per heavy atom. The van der Waals surface area contributed by atoms with E-state index in [4.69, 9.17) is 5.11 Å². The van der Waals surface area contributed by atoms with Crippen molar-refractivity contribution in [2.75, 3.05) is 0 Å². The molecule has 0 saturated heterocycles. The summed E-state index contributed by atoms with van der Waals surface area (Å²) in [4.78, 5) is 0. The van der Waals surface area contributed by atoms with Crippen LogP contribution in [0.5, 0.6) is 0 Å². The number of rotatable bonds is 1. The van der Waals surface area contributed by atoms with E-state index in [0.29, 0.717) is 0 Å². The van der Waals surface area contributed by atoms with Gasteiger partial charge in [0.25, 0.3) is 0 Å². The highest BCUT2D eigenvalue weighted by molar-refractivity contribution is 5.26. The van der Waals surface area contributed by atoms with Gasteiger partial charge in [0.1, 0.15) is 0 Å². The van der Waals surface area contributed by atoms with Gasteiger partial charge in [0, 0.05) is 0 Å². The molecule has 0 aliphatic heterocycles. The van der Waals surface area contributed by atoms with Crippen molar-refractivity contribution in [3.8, 4) is 0 Å². The molecule has 1 rings (SSSR count). The lowest BCUT2D eigenvalue weighted by Gasteiger charge is -2.09. The average molecular weight is 190 g/mol. The minimum absolute atomic E-state index is 0.273. The normalized spacial score (nSPS) is 14.2. The Bertz CT molecular complexity index is 291. The second kappa shape index (κ2) is 3.38. The van der Waals surface area contributed by atoms with Crippen LogP contribution in [0.4, 0.5) is 13.2 Å². The third-order valence-electron chi connectivity index (χ3n) is 1.70. The van der Waals surface area contributed by atoms with Gasteiger partial charge in [0.05, 0.1) is 11.7 Å². The summed E-state index contributed by atoms with van der Waals surface area (Å²) < 4.78 is 36.4. The summed E-state index contributed by atoms with van der Waals surface area (Å²) in [5.74, 6) is 0. The van der Waals surface area contributed by atoms with Crippen molar-refractivity contribution in [1.29, 1.82) is 0 Å². The van der Waals surface area contributed by atoms with Crippen LogP contribution in [0, 0.1) is 0 Å². The number of aliphatic hydroxyl groups is 1. The number of benzene rings is 1. The highest BCUT2D eigenvalue weighted by atomic mass is 19.4. The zero-order valence-corrected chi connectivity index (χ0v) is 6.97. The predicted octanol–water partition coefficient (Wildman–Crippen LogP) is 2.76. The average Bonchev–Trinajstić information content (AvgIpc) is 2.03. The van der Waals surface area contributed by atoms with Crippen LogP contribution >= 0.6 is 0 Å². The van der Waals surface area contributed by atoms with Crippen LogP contribution in [0.15, 0.2) is 24.3 Å². The molecule has 4 heteroatoms. The highest BCUT2D eigenvalue weighted by Gasteiger charge is 2.30. The third kappa shape index (κ3) is 2.45. The van der Waals surface area contributed by atoms with E-state index in [1.54, 1.807) is 0 Å². The van der Waals surface area contributed by atoms with Crippen molar-refractivity contribution in [3.63, 3.8) is 0 Å². The molecule has 0 fully saturated rings. The van der Waals surface area contributed by atoms with Gasteiger partial charge in [-0.1, -0.05) is 12.1 Å². The molecular formula is C9H9F3O. The molecule has 1 N–H and O–H groups in total. The fourth-order valence-corrected chi connectivity index (χ4v) is 0.975. The number of alkyl halides is 3. The van der Waals surface area contributed by atoms with E-state index < -0.39 is 17.8 Å². The summed E-state index contributed by atoms with van der Waals surface area (Å²) in [6, 6.07) is 4.67. The standard InChI is InChI=1S/C9H9F3O/c1-6(13)7-3-2-4-8(5-7)9(10,11)12/h2-6,13H,1H3/t6-/m1/s1. The van der Waals surface area contributed by atoms with Crippen molar-refractivity contribution < 1.29 is 18.3 Å². The maximum atomic E-state index is 12.1. The molecule has 0 spiro atoms. The second-order valence-electron chi connectivity index (χ2n) is 2.80. The molecular weight excluding hydrogens is 181 g/mol. The van der Waals surface area contributed by atoms with Gasteiger partial charge >= 0.3 is 6.18 Å². The van der Waals surface area contributed by atoms with Crippen molar-refractivity contribution in [2.24, 2.45) is 0 Å². The molecule has 0 heterocycles. The fourth-order valence-electron chi connectivity index (χ4n) is 0.975. The molecule has 72 valence electrons. The van der Waals surface area contributed by atoms with E-state index in [2.05, 4.69) is 0 Å². The van der Waals surface area contributed by atoms with Gasteiger partial charge in [0.15, 0.2) is 0 Å². The SMILES string of the molecule is C[C@@H](O)c1cccc(C(F)(F)F)c1. The molecule has 0 unspecified atom stereocenters. The van der Waals surface area contributed by atoms with Crippen molar-refractivity contribution in [1.82, 2.24) is 0 Å². The second-order valence-corrected chi connectivity index (χ2v) is 2.80. The van der Waals surface area contributed by atoms with Crippen LogP contribution in [0.1, 0.15) is 24.2 Å². The minimum Gasteiger partial charge on any atom is -0.389 e. The van der Waals surface area contributed by atoms with Crippen LogP contribution < -0.4 is 0 Å². The summed E-state index contributed by atoms with van der Waals surface area (Å²) in [6.07, 6.45) is -5.22. The van der Waals surface area contributed by atoms with Gasteiger partial charge < -0.3 is 5.11 Å². The number of hydrogen-bond donors (Lipinski definition) is 1. The van der Waals surface area contributed by atoms with E-state index in [0.717, 1.165) is 12.1 Å². The molecule has 1 aromatic carbocycles. The van der Waals surface area contributed by atoms with E-state index >= 15 is 0 Å². The molecule has 0 aromatic heterocycles. The largest absolute Gasteiger partial charge is 0.416 e. The van der Waals surface area contributed by atoms with E-state index in [-0.39, 0.29) is 5.56 Å². The van der Waals surface area contributed by atoms with Crippen molar-refractivity contribution in [2.45, 2.75) is 19.2 Å². The topological polar surface area (TPSA) is 20.2 Å².